The lowest BCUT2D eigenvalue weighted by atomic mass is 10.1. The van der Waals surface area contributed by atoms with Crippen LogP contribution in [-0.4, -0.2) is 37.3 Å². The number of nitrogen functional groups attached to an aromatic ring is 1. The zero-order chi connectivity index (χ0) is 30.4. The summed E-state index contributed by atoms with van der Waals surface area (Å²) in [5.74, 6) is -2.19. The number of alkyl halides is 6. The fourth-order valence-electron chi connectivity index (χ4n) is 5.23. The van der Waals surface area contributed by atoms with Gasteiger partial charge in [-0.25, -0.2) is 19.5 Å². The van der Waals surface area contributed by atoms with Crippen molar-refractivity contribution in [3.05, 3.63) is 74.4 Å². The molecular formula is C26H22F7N7O2. The molecular weight excluding hydrogens is 575 g/mol. The third-order valence-corrected chi connectivity index (χ3v) is 7.17. The average molecular weight is 597 g/mol. The standard InChI is InChI=1S/C26H22F7N7O2/c27-18-10-15-13(9-16(18)22-35-11-17(21(34)37-22)25(28,29)30)5-8-39(24(15)42)6-1-3-14-4-2-7-40(14)19-12-36-38-23(41)20(19)26(31,32)33/h5,8-12,14H,1-4,6-7H2,(H,38,41)(H2,34,35,37). The lowest BCUT2D eigenvalue weighted by molar-refractivity contribution is -0.138. The number of aryl methyl sites for hydroxylation is 1. The molecule has 0 radical (unpaired) electrons. The average Bonchev–Trinajstić information content (AvgIpc) is 3.37. The molecule has 1 aliphatic heterocycles. The van der Waals surface area contributed by atoms with Gasteiger partial charge in [0, 0.05) is 31.5 Å². The Morgan fingerprint density at radius 1 is 1.07 bits per heavy atom. The Morgan fingerprint density at radius 3 is 2.52 bits per heavy atom. The van der Waals surface area contributed by atoms with Crippen molar-refractivity contribution in [1.82, 2.24) is 24.7 Å². The Kier molecular flexibility index (Phi) is 7.41. The van der Waals surface area contributed by atoms with Crippen molar-refractivity contribution in [2.24, 2.45) is 0 Å². The number of hydrogen-bond acceptors (Lipinski definition) is 7. The number of aromatic nitrogens is 5. The van der Waals surface area contributed by atoms with E-state index in [4.69, 9.17) is 5.73 Å². The van der Waals surface area contributed by atoms with Gasteiger partial charge in [-0.3, -0.25) is 9.59 Å². The number of nitrogens with one attached hydrogen (secondary N) is 1. The molecule has 0 saturated carbocycles. The van der Waals surface area contributed by atoms with E-state index in [0.717, 1.165) is 12.3 Å². The second-order valence-corrected chi connectivity index (χ2v) is 9.81. The summed E-state index contributed by atoms with van der Waals surface area (Å²) in [6.45, 7) is 0.492. The second-order valence-electron chi connectivity index (χ2n) is 9.81. The number of anilines is 2. The molecule has 9 nitrogen and oxygen atoms in total. The van der Waals surface area contributed by atoms with Crippen molar-refractivity contribution in [2.75, 3.05) is 17.2 Å². The number of hydrogen-bond donors (Lipinski definition) is 2. The first-order chi connectivity index (χ1) is 19.8. The summed E-state index contributed by atoms with van der Waals surface area (Å²) < 4.78 is 95.9. The smallest absolute Gasteiger partial charge is 0.383 e. The van der Waals surface area contributed by atoms with E-state index in [1.54, 1.807) is 0 Å². The van der Waals surface area contributed by atoms with Crippen LogP contribution in [0.2, 0.25) is 0 Å². The summed E-state index contributed by atoms with van der Waals surface area (Å²) in [4.78, 5) is 33.7. The van der Waals surface area contributed by atoms with Crippen LogP contribution in [-0.2, 0) is 18.9 Å². The maximum absolute atomic E-state index is 15.0. The molecule has 4 aromatic rings. The van der Waals surface area contributed by atoms with Gasteiger partial charge in [-0.1, -0.05) is 0 Å². The highest BCUT2D eigenvalue weighted by molar-refractivity contribution is 5.86. The molecule has 5 rings (SSSR count). The van der Waals surface area contributed by atoms with E-state index in [1.807, 2.05) is 5.10 Å². The zero-order valence-corrected chi connectivity index (χ0v) is 21.6. The van der Waals surface area contributed by atoms with Gasteiger partial charge in [-0.05, 0) is 49.3 Å². The second kappa shape index (κ2) is 10.7. The number of aromatic amines is 1. The first-order valence-electron chi connectivity index (χ1n) is 12.7. The van der Waals surface area contributed by atoms with Gasteiger partial charge >= 0.3 is 12.4 Å². The van der Waals surface area contributed by atoms with E-state index < -0.39 is 46.2 Å². The highest BCUT2D eigenvalue weighted by Gasteiger charge is 2.40. The Morgan fingerprint density at radius 2 is 1.83 bits per heavy atom. The number of benzene rings is 1. The first-order valence-corrected chi connectivity index (χ1v) is 12.7. The van der Waals surface area contributed by atoms with Crippen LogP contribution in [0.15, 0.2) is 46.4 Å². The molecule has 16 heteroatoms. The molecule has 0 aliphatic carbocycles. The van der Waals surface area contributed by atoms with Crippen LogP contribution in [0, 0.1) is 5.82 Å². The zero-order valence-electron chi connectivity index (χ0n) is 21.6. The third-order valence-electron chi connectivity index (χ3n) is 7.17. The number of nitrogens with two attached hydrogens (primary N) is 1. The molecule has 0 spiro atoms. The van der Waals surface area contributed by atoms with Gasteiger partial charge < -0.3 is 15.2 Å². The molecule has 0 amide bonds. The monoisotopic (exact) mass is 597 g/mol. The van der Waals surface area contributed by atoms with Crippen molar-refractivity contribution < 1.29 is 30.7 Å². The van der Waals surface area contributed by atoms with E-state index in [9.17, 15) is 40.3 Å². The lowest BCUT2D eigenvalue weighted by Gasteiger charge is -2.28. The normalized spacial score (nSPS) is 16.0. The van der Waals surface area contributed by atoms with Gasteiger partial charge in [0.05, 0.1) is 22.8 Å². The SMILES string of the molecule is Nc1nc(-c2cc3ccn(CCCC4CCCN4c4cn[nH]c(=O)c4C(F)(F)F)c(=O)c3cc2F)ncc1C(F)(F)F. The summed E-state index contributed by atoms with van der Waals surface area (Å²) in [6, 6.07) is 3.38. The Labute approximate surface area is 231 Å². The minimum atomic E-state index is -4.86. The van der Waals surface area contributed by atoms with Crippen LogP contribution < -0.4 is 21.8 Å². The van der Waals surface area contributed by atoms with Gasteiger partial charge in [-0.2, -0.15) is 31.4 Å². The summed E-state index contributed by atoms with van der Waals surface area (Å²) in [5.41, 5.74) is 0.447. The summed E-state index contributed by atoms with van der Waals surface area (Å²) >= 11 is 0. The van der Waals surface area contributed by atoms with Crippen LogP contribution in [0.25, 0.3) is 22.2 Å². The van der Waals surface area contributed by atoms with Crippen LogP contribution in [0.4, 0.5) is 42.2 Å². The predicted molar refractivity (Wildman–Crippen MR) is 138 cm³/mol. The highest BCUT2D eigenvalue weighted by atomic mass is 19.4. The van der Waals surface area contributed by atoms with Crippen molar-refractivity contribution >= 4 is 22.3 Å². The van der Waals surface area contributed by atoms with Crippen molar-refractivity contribution in [1.29, 1.82) is 0 Å². The summed E-state index contributed by atoms with van der Waals surface area (Å²) in [7, 11) is 0. The molecule has 0 bridgehead atoms. The van der Waals surface area contributed by atoms with E-state index in [-0.39, 0.29) is 40.4 Å². The molecule has 42 heavy (non-hydrogen) atoms. The van der Waals surface area contributed by atoms with E-state index in [1.165, 1.54) is 27.8 Å². The van der Waals surface area contributed by atoms with Crippen molar-refractivity contribution in [3.63, 3.8) is 0 Å². The van der Waals surface area contributed by atoms with Gasteiger partial charge in [0.2, 0.25) is 0 Å². The summed E-state index contributed by atoms with van der Waals surface area (Å²) in [6.07, 6.45) is -4.74. The fraction of sp³-hybridized carbons (Fsp3) is 0.346. The molecule has 1 saturated heterocycles. The van der Waals surface area contributed by atoms with Gasteiger partial charge in [-0.15, -0.1) is 0 Å². The number of H-pyrrole nitrogens is 1. The van der Waals surface area contributed by atoms with E-state index in [2.05, 4.69) is 15.1 Å². The van der Waals surface area contributed by atoms with E-state index in [0.29, 0.717) is 38.4 Å². The van der Waals surface area contributed by atoms with Crippen LogP contribution >= 0.6 is 0 Å². The predicted octanol–water partition coefficient (Wildman–Crippen LogP) is 4.75. The fourth-order valence-corrected chi connectivity index (χ4v) is 5.23. The number of rotatable bonds is 6. The minimum Gasteiger partial charge on any atom is -0.383 e. The third kappa shape index (κ3) is 5.52. The molecule has 1 aliphatic rings. The van der Waals surface area contributed by atoms with E-state index >= 15 is 0 Å². The Bertz CT molecular complexity index is 1770. The molecule has 222 valence electrons. The number of halogens is 7. The quantitative estimate of drug-likeness (QED) is 0.308. The highest BCUT2D eigenvalue weighted by Crippen LogP contribution is 2.37. The maximum atomic E-state index is 15.0. The summed E-state index contributed by atoms with van der Waals surface area (Å²) in [5, 5.41) is 5.66. The largest absolute Gasteiger partial charge is 0.423 e. The first kappa shape index (κ1) is 29.0. The number of fused-ring (bicyclic) bond motifs is 1. The molecule has 1 unspecified atom stereocenters. The number of pyridine rings is 1. The van der Waals surface area contributed by atoms with Crippen LogP contribution in [0.1, 0.15) is 36.8 Å². The Balaban J connectivity index is 1.34. The lowest BCUT2D eigenvalue weighted by Crippen LogP contribution is -2.35. The van der Waals surface area contributed by atoms with Gasteiger partial charge in [0.1, 0.15) is 22.8 Å². The maximum Gasteiger partial charge on any atom is 0.423 e. The molecule has 1 atom stereocenters. The van der Waals surface area contributed by atoms with Gasteiger partial charge in [0.25, 0.3) is 11.1 Å². The van der Waals surface area contributed by atoms with Crippen molar-refractivity contribution in [3.8, 4) is 11.4 Å². The minimum absolute atomic E-state index is 0.00512. The molecule has 4 heterocycles. The number of nitrogens with zero attached hydrogens (tertiary/aromatic N) is 5. The molecule has 1 aromatic carbocycles. The van der Waals surface area contributed by atoms with Crippen LogP contribution in [0.3, 0.4) is 0 Å². The molecule has 3 aromatic heterocycles. The topological polar surface area (TPSA) is 123 Å². The van der Waals surface area contributed by atoms with Gasteiger partial charge in [0.15, 0.2) is 5.82 Å². The Hall–Kier alpha value is -4.50. The van der Waals surface area contributed by atoms with Crippen molar-refractivity contribution in [2.45, 2.75) is 50.6 Å². The molecule has 3 N–H and O–H groups in total. The van der Waals surface area contributed by atoms with Crippen LogP contribution in [0.5, 0.6) is 0 Å². The molecule has 1 fully saturated rings.